The number of unbranched alkanes of at least 4 members (excludes halogenated alkanes) is 24. The molecule has 6 nitrogen and oxygen atoms in total. The molecule has 0 N–H and O–H groups in total. The molecule has 0 radical (unpaired) electrons. The highest BCUT2D eigenvalue weighted by atomic mass is 79.9. The third-order valence-electron chi connectivity index (χ3n) is 11.2. The number of carbonyl (C=O) groups excluding carboxylic acids is 3. The van der Waals surface area contributed by atoms with Gasteiger partial charge in [0.05, 0.1) is 29.8 Å². The van der Waals surface area contributed by atoms with E-state index in [9.17, 15) is 14.4 Å². The number of hydrogen-bond acceptors (Lipinski definition) is 5. The van der Waals surface area contributed by atoms with Crippen molar-refractivity contribution in [3.05, 3.63) is 0 Å². The fraction of sp³-hybridized carbons (Fsp3) is 0.936. The summed E-state index contributed by atoms with van der Waals surface area (Å²) in [5, 5.41) is 0. The molecule has 0 aromatic rings. The minimum atomic E-state index is -0.367. The predicted molar refractivity (Wildman–Crippen MR) is 234 cm³/mol. The molecule has 0 saturated heterocycles. The Morgan fingerprint density at radius 3 is 0.907 bits per heavy atom. The van der Waals surface area contributed by atoms with Gasteiger partial charge in [0.25, 0.3) is 0 Å². The van der Waals surface area contributed by atoms with E-state index in [-0.39, 0.29) is 47.7 Å². The van der Waals surface area contributed by atoms with Crippen LogP contribution in [-0.2, 0) is 23.9 Å². The second-order valence-electron chi connectivity index (χ2n) is 16.3. The summed E-state index contributed by atoms with van der Waals surface area (Å²) < 4.78 is 11.7. The van der Waals surface area contributed by atoms with Crippen molar-refractivity contribution in [2.45, 2.75) is 245 Å². The summed E-state index contributed by atoms with van der Waals surface area (Å²) in [4.78, 5) is 41.2. The molecule has 7 heteroatoms. The molecule has 320 valence electrons. The number of esters is 2. The number of nitrogens with zero attached hydrogens (tertiary/aromatic N) is 1. The van der Waals surface area contributed by atoms with Crippen LogP contribution in [0.5, 0.6) is 0 Å². The van der Waals surface area contributed by atoms with Crippen molar-refractivity contribution in [3.63, 3.8) is 0 Å². The van der Waals surface area contributed by atoms with Gasteiger partial charge in [-0.3, -0.25) is 14.4 Å². The first-order valence-electron chi connectivity index (χ1n) is 23.6. The van der Waals surface area contributed by atoms with Crippen LogP contribution in [0.25, 0.3) is 0 Å². The molecular weight excluding hydrogens is 738 g/mol. The normalized spacial score (nSPS) is 12.1. The van der Waals surface area contributed by atoms with Crippen LogP contribution < -0.4 is 0 Å². The van der Waals surface area contributed by atoms with E-state index in [1.54, 1.807) is 4.90 Å². The molecule has 1 atom stereocenters. The van der Waals surface area contributed by atoms with Gasteiger partial charge in [-0.25, -0.2) is 0 Å². The lowest BCUT2D eigenvalue weighted by Crippen LogP contribution is -2.41. The molecule has 1 amide bonds. The smallest absolute Gasteiger partial charge is 0.308 e. The minimum absolute atomic E-state index is 0.0684. The predicted octanol–water partition coefficient (Wildman–Crippen LogP) is 14.5. The quantitative estimate of drug-likeness (QED) is 0.0349. The van der Waals surface area contributed by atoms with Crippen LogP contribution in [0.1, 0.15) is 240 Å². The van der Waals surface area contributed by atoms with Crippen molar-refractivity contribution in [1.29, 1.82) is 0 Å². The van der Waals surface area contributed by atoms with E-state index in [0.29, 0.717) is 13.1 Å². The average molecular weight is 829 g/mol. The van der Waals surface area contributed by atoms with Crippen LogP contribution >= 0.6 is 15.9 Å². The van der Waals surface area contributed by atoms with Gasteiger partial charge in [0.15, 0.2) is 0 Å². The maximum absolute atomic E-state index is 13.4. The van der Waals surface area contributed by atoms with Crippen LogP contribution in [0.4, 0.5) is 0 Å². The number of rotatable bonds is 41. The highest BCUT2D eigenvalue weighted by Crippen LogP contribution is 2.23. The third-order valence-corrected chi connectivity index (χ3v) is 11.5. The summed E-state index contributed by atoms with van der Waals surface area (Å²) in [6.07, 6.45) is 38.1. The molecule has 0 rings (SSSR count). The van der Waals surface area contributed by atoms with Gasteiger partial charge in [0.1, 0.15) is 13.2 Å². The van der Waals surface area contributed by atoms with Gasteiger partial charge in [-0.05, 0) is 32.6 Å². The number of alkyl halides is 1. The Morgan fingerprint density at radius 2 is 0.667 bits per heavy atom. The molecule has 0 spiro atoms. The van der Waals surface area contributed by atoms with Gasteiger partial charge >= 0.3 is 11.9 Å². The van der Waals surface area contributed by atoms with Crippen molar-refractivity contribution in [2.75, 3.05) is 26.3 Å². The van der Waals surface area contributed by atoms with E-state index in [2.05, 4.69) is 43.6 Å². The van der Waals surface area contributed by atoms with E-state index in [1.165, 1.54) is 154 Å². The molecule has 0 heterocycles. The molecule has 0 aromatic heterocycles. The Morgan fingerprint density at radius 1 is 0.426 bits per heavy atom. The Kier molecular flexibility index (Phi) is 39.3. The molecular formula is C47H90BrNO5. The topological polar surface area (TPSA) is 72.9 Å². The molecule has 1 unspecified atom stereocenters. The van der Waals surface area contributed by atoms with Crippen LogP contribution in [0.3, 0.4) is 0 Å². The highest BCUT2D eigenvalue weighted by Gasteiger charge is 2.24. The molecule has 0 saturated carbocycles. The van der Waals surface area contributed by atoms with Crippen molar-refractivity contribution in [1.82, 2.24) is 4.90 Å². The lowest BCUT2D eigenvalue weighted by atomic mass is 9.94. The molecule has 0 aliphatic heterocycles. The summed E-state index contributed by atoms with van der Waals surface area (Å²) in [7, 11) is 0. The monoisotopic (exact) mass is 828 g/mol. The molecule has 0 fully saturated rings. The van der Waals surface area contributed by atoms with Crippen molar-refractivity contribution < 1.29 is 23.9 Å². The minimum Gasteiger partial charge on any atom is -0.464 e. The zero-order chi connectivity index (χ0) is 39.9. The Bertz CT molecular complexity index is 758. The maximum atomic E-state index is 13.4. The number of halogens is 1. The summed E-state index contributed by atoms with van der Waals surface area (Å²) in [6.45, 7) is 11.7. The number of ether oxygens (including phenoxy) is 2. The van der Waals surface area contributed by atoms with Gasteiger partial charge in [0, 0.05) is 0 Å². The lowest BCUT2D eigenvalue weighted by Gasteiger charge is -2.25. The van der Waals surface area contributed by atoms with Crippen LogP contribution in [0.2, 0.25) is 0 Å². The molecule has 0 aliphatic rings. The first-order chi connectivity index (χ1) is 26.3. The number of carbonyl (C=O) groups is 3. The SMILES string of the molecule is CCCCCCCCCC(CCCCCCCCC)C(=O)OCCN(CCOC(=O)C(CCCCCCCCC)CCCCCCCCC)C(=O)C(C)Br. The van der Waals surface area contributed by atoms with Crippen molar-refractivity contribution >= 4 is 33.8 Å². The van der Waals surface area contributed by atoms with Crippen LogP contribution in [0.15, 0.2) is 0 Å². The fourth-order valence-corrected chi connectivity index (χ4v) is 7.77. The Hall–Kier alpha value is -1.11. The molecule has 54 heavy (non-hydrogen) atoms. The first-order valence-corrected chi connectivity index (χ1v) is 24.5. The summed E-state index contributed by atoms with van der Waals surface area (Å²) in [5.74, 6) is -0.442. The zero-order valence-electron chi connectivity index (χ0n) is 36.6. The number of amides is 1. The van der Waals surface area contributed by atoms with Gasteiger partial charge < -0.3 is 14.4 Å². The fourth-order valence-electron chi connectivity index (χ4n) is 7.48. The lowest BCUT2D eigenvalue weighted by molar-refractivity contribution is -0.152. The second-order valence-corrected chi connectivity index (χ2v) is 17.7. The highest BCUT2D eigenvalue weighted by molar-refractivity contribution is 9.10. The van der Waals surface area contributed by atoms with Gasteiger partial charge in [-0.15, -0.1) is 0 Å². The van der Waals surface area contributed by atoms with Gasteiger partial charge in [-0.2, -0.15) is 0 Å². The molecule has 0 bridgehead atoms. The van der Waals surface area contributed by atoms with Gasteiger partial charge in [-0.1, -0.05) is 223 Å². The largest absolute Gasteiger partial charge is 0.464 e. The number of hydrogen-bond donors (Lipinski definition) is 0. The van der Waals surface area contributed by atoms with Crippen molar-refractivity contribution in [2.24, 2.45) is 11.8 Å². The summed E-state index contributed by atoms with van der Waals surface area (Å²) in [6, 6.07) is 0. The third kappa shape index (κ3) is 32.0. The Balaban J connectivity index is 5.06. The Labute approximate surface area is 344 Å². The van der Waals surface area contributed by atoms with E-state index >= 15 is 0 Å². The van der Waals surface area contributed by atoms with E-state index in [4.69, 9.17) is 9.47 Å². The average Bonchev–Trinajstić information content (AvgIpc) is 3.16. The maximum Gasteiger partial charge on any atom is 0.308 e. The summed E-state index contributed by atoms with van der Waals surface area (Å²) in [5.41, 5.74) is 0. The first kappa shape index (κ1) is 52.9. The second kappa shape index (κ2) is 40.1. The standard InChI is InChI=1S/C47H90BrNO5/c1-6-10-14-18-22-26-30-34-43(35-31-27-23-19-15-11-7-2)46(51)53-40-38-49(45(50)42(5)48)39-41-54-47(52)44(36-32-28-24-20-16-12-8-3)37-33-29-25-21-17-13-9-4/h42-44H,6-41H2,1-5H3. The van der Waals surface area contributed by atoms with Gasteiger partial charge in [0.2, 0.25) is 5.91 Å². The van der Waals surface area contributed by atoms with E-state index in [0.717, 1.165) is 51.4 Å². The molecule has 0 aromatic carbocycles. The van der Waals surface area contributed by atoms with Crippen molar-refractivity contribution in [3.8, 4) is 0 Å². The molecule has 0 aliphatic carbocycles. The van der Waals surface area contributed by atoms with Crippen LogP contribution in [0, 0.1) is 11.8 Å². The summed E-state index contributed by atoms with van der Waals surface area (Å²) >= 11 is 3.44. The van der Waals surface area contributed by atoms with Crippen LogP contribution in [-0.4, -0.2) is 53.9 Å². The van der Waals surface area contributed by atoms with E-state index < -0.39 is 0 Å². The van der Waals surface area contributed by atoms with E-state index in [1.807, 2.05) is 6.92 Å². The zero-order valence-corrected chi connectivity index (χ0v) is 38.1.